The normalized spacial score (nSPS) is 19.6. The van der Waals surface area contributed by atoms with Crippen LogP contribution in [0, 0.1) is 22.7 Å². The van der Waals surface area contributed by atoms with E-state index in [1.54, 1.807) is 25.4 Å². The van der Waals surface area contributed by atoms with Crippen molar-refractivity contribution in [1.29, 1.82) is 5.26 Å². The number of methoxy groups -OCH3 is 1. The average Bonchev–Trinajstić information content (AvgIpc) is 3.53. The quantitative estimate of drug-likeness (QED) is 0.240. The van der Waals surface area contributed by atoms with Crippen LogP contribution in [0.3, 0.4) is 0 Å². The van der Waals surface area contributed by atoms with Crippen molar-refractivity contribution in [2.45, 2.75) is 25.7 Å². The molecule has 3 fully saturated rings. The highest BCUT2D eigenvalue weighted by Gasteiger charge is 2.40. The highest BCUT2D eigenvalue weighted by atomic mass is 35.5. The standard InChI is InChI=1S/C32H36Cl2N4O5/c1-39-29-11-23-26(13-30(29)42-9-2-6-38-7-4-32(5-8-38)19-41-20-32)36-16-22(15-35)31(23)37-27-14-28(25(34)12-24(27)33)43-18-21-3-10-40-17-21/h11-14,16,21H,2-10,17-20H2,1H3,(H,36,37). The first kappa shape index (κ1) is 30.0. The number of nitrogens with one attached hydrogen (secondary N) is 1. The van der Waals surface area contributed by atoms with Gasteiger partial charge < -0.3 is 33.9 Å². The van der Waals surface area contributed by atoms with Gasteiger partial charge in [-0.15, -0.1) is 0 Å². The Balaban J connectivity index is 1.16. The molecule has 2 aromatic carbocycles. The number of piperidine rings is 1. The molecule has 3 aliphatic rings. The Hall–Kier alpha value is -3.00. The van der Waals surface area contributed by atoms with E-state index >= 15 is 0 Å². The summed E-state index contributed by atoms with van der Waals surface area (Å²) in [5.74, 6) is 1.99. The third kappa shape index (κ3) is 6.74. The first-order valence-electron chi connectivity index (χ1n) is 14.8. The fourth-order valence-corrected chi connectivity index (χ4v) is 6.37. The number of anilines is 2. The van der Waals surface area contributed by atoms with Crippen LogP contribution in [0.2, 0.25) is 10.0 Å². The van der Waals surface area contributed by atoms with Crippen LogP contribution in [0.5, 0.6) is 17.2 Å². The average molecular weight is 628 g/mol. The van der Waals surface area contributed by atoms with Gasteiger partial charge in [0.05, 0.1) is 72.6 Å². The summed E-state index contributed by atoms with van der Waals surface area (Å²) in [6.45, 7) is 7.54. The Morgan fingerprint density at radius 1 is 1.07 bits per heavy atom. The number of hydrogen-bond acceptors (Lipinski definition) is 9. The van der Waals surface area contributed by atoms with Crippen LogP contribution >= 0.6 is 23.2 Å². The maximum atomic E-state index is 9.92. The molecule has 0 amide bonds. The van der Waals surface area contributed by atoms with E-state index in [2.05, 4.69) is 21.3 Å². The summed E-state index contributed by atoms with van der Waals surface area (Å²) in [6, 6.07) is 9.31. The lowest BCUT2D eigenvalue weighted by atomic mass is 9.77. The van der Waals surface area contributed by atoms with Crippen LogP contribution in [-0.4, -0.2) is 76.3 Å². The molecule has 0 aliphatic carbocycles. The second-order valence-electron chi connectivity index (χ2n) is 11.6. The van der Waals surface area contributed by atoms with Crippen molar-refractivity contribution in [3.63, 3.8) is 0 Å². The summed E-state index contributed by atoms with van der Waals surface area (Å²) in [4.78, 5) is 7.05. The number of ether oxygens (including phenoxy) is 5. The maximum absolute atomic E-state index is 9.92. The van der Waals surface area contributed by atoms with E-state index in [0.29, 0.717) is 86.3 Å². The summed E-state index contributed by atoms with van der Waals surface area (Å²) in [7, 11) is 1.60. The summed E-state index contributed by atoms with van der Waals surface area (Å²) in [5, 5.41) is 14.8. The molecular formula is C32H36Cl2N4O5. The molecule has 1 aromatic heterocycles. The summed E-state index contributed by atoms with van der Waals surface area (Å²) >= 11 is 13.0. The van der Waals surface area contributed by atoms with Gasteiger partial charge in [-0.25, -0.2) is 0 Å². The second kappa shape index (κ2) is 13.3. The molecule has 4 heterocycles. The Morgan fingerprint density at radius 3 is 2.60 bits per heavy atom. The number of nitriles is 1. The van der Waals surface area contributed by atoms with Gasteiger partial charge in [-0.3, -0.25) is 4.98 Å². The number of nitrogens with zero attached hydrogens (tertiary/aromatic N) is 3. The minimum atomic E-state index is 0.321. The van der Waals surface area contributed by atoms with Crippen LogP contribution in [0.4, 0.5) is 11.4 Å². The number of aromatic nitrogens is 1. The Kier molecular flexibility index (Phi) is 9.31. The molecule has 9 nitrogen and oxygen atoms in total. The minimum Gasteiger partial charge on any atom is -0.493 e. The van der Waals surface area contributed by atoms with Crippen molar-refractivity contribution >= 4 is 45.5 Å². The minimum absolute atomic E-state index is 0.321. The van der Waals surface area contributed by atoms with Crippen molar-refractivity contribution in [2.24, 2.45) is 11.3 Å². The number of benzene rings is 2. The molecule has 1 spiro atoms. The highest BCUT2D eigenvalue weighted by molar-refractivity contribution is 6.37. The monoisotopic (exact) mass is 626 g/mol. The second-order valence-corrected chi connectivity index (χ2v) is 12.5. The number of hydrogen-bond donors (Lipinski definition) is 1. The molecule has 3 aliphatic heterocycles. The van der Waals surface area contributed by atoms with Gasteiger partial charge in [0, 0.05) is 48.2 Å². The highest BCUT2D eigenvalue weighted by Crippen LogP contribution is 2.41. The van der Waals surface area contributed by atoms with Gasteiger partial charge in [0.15, 0.2) is 11.5 Å². The molecule has 11 heteroatoms. The molecule has 3 aromatic rings. The lowest BCUT2D eigenvalue weighted by Gasteiger charge is -2.47. The molecule has 3 saturated heterocycles. The van der Waals surface area contributed by atoms with Gasteiger partial charge in [-0.05, 0) is 50.9 Å². The molecule has 228 valence electrons. The van der Waals surface area contributed by atoms with E-state index in [9.17, 15) is 5.26 Å². The molecule has 0 bridgehead atoms. The van der Waals surface area contributed by atoms with E-state index in [1.807, 2.05) is 12.1 Å². The van der Waals surface area contributed by atoms with E-state index in [-0.39, 0.29) is 0 Å². The molecule has 1 atom stereocenters. The molecule has 1 unspecified atom stereocenters. The smallest absolute Gasteiger partial charge is 0.163 e. The fraction of sp³-hybridized carbons (Fsp3) is 0.500. The Bertz CT molecular complexity index is 1490. The maximum Gasteiger partial charge on any atom is 0.163 e. The summed E-state index contributed by atoms with van der Waals surface area (Å²) < 4.78 is 28.8. The number of halogens is 2. The number of pyridine rings is 1. The van der Waals surface area contributed by atoms with Crippen LogP contribution in [-0.2, 0) is 9.47 Å². The predicted molar refractivity (Wildman–Crippen MR) is 166 cm³/mol. The zero-order valence-electron chi connectivity index (χ0n) is 24.3. The summed E-state index contributed by atoms with van der Waals surface area (Å²) in [6.07, 6.45) is 5.83. The first-order chi connectivity index (χ1) is 21.0. The molecule has 1 N–H and O–H groups in total. The molecule has 0 radical (unpaired) electrons. The van der Waals surface area contributed by atoms with Crippen LogP contribution in [0.25, 0.3) is 10.9 Å². The topological polar surface area (TPSA) is 98.1 Å². The number of fused-ring (bicyclic) bond motifs is 1. The summed E-state index contributed by atoms with van der Waals surface area (Å²) in [5.41, 5.74) is 2.56. The SMILES string of the molecule is COc1cc2c(Nc3cc(OCC4CCOC4)c(Cl)cc3Cl)c(C#N)cnc2cc1OCCCN1CCC2(CC1)COC2. The molecular weight excluding hydrogens is 591 g/mol. The largest absolute Gasteiger partial charge is 0.493 e. The number of rotatable bonds is 11. The van der Waals surface area contributed by atoms with Gasteiger partial charge in [0.25, 0.3) is 0 Å². The number of likely N-dealkylation sites (tertiary alicyclic amines) is 1. The lowest BCUT2D eigenvalue weighted by Crippen LogP contribution is -2.51. The first-order valence-corrected chi connectivity index (χ1v) is 15.5. The van der Waals surface area contributed by atoms with Crippen molar-refractivity contribution in [1.82, 2.24) is 9.88 Å². The van der Waals surface area contributed by atoms with Crippen molar-refractivity contribution in [3.8, 4) is 23.3 Å². The van der Waals surface area contributed by atoms with Crippen LogP contribution in [0.15, 0.2) is 30.5 Å². The van der Waals surface area contributed by atoms with Gasteiger partial charge >= 0.3 is 0 Å². The Morgan fingerprint density at radius 2 is 1.91 bits per heavy atom. The van der Waals surface area contributed by atoms with Crippen molar-refractivity contribution in [2.75, 3.05) is 71.7 Å². The zero-order chi connectivity index (χ0) is 29.8. The fourth-order valence-electron chi connectivity index (χ4n) is 5.89. The Labute approximate surface area is 261 Å². The van der Waals surface area contributed by atoms with Crippen LogP contribution in [0.1, 0.15) is 31.2 Å². The zero-order valence-corrected chi connectivity index (χ0v) is 25.8. The van der Waals surface area contributed by atoms with Crippen molar-refractivity contribution in [3.05, 3.63) is 46.1 Å². The van der Waals surface area contributed by atoms with Crippen LogP contribution < -0.4 is 19.5 Å². The van der Waals surface area contributed by atoms with Crippen molar-refractivity contribution < 1.29 is 23.7 Å². The molecule has 0 saturated carbocycles. The van der Waals surface area contributed by atoms with Gasteiger partial charge in [0.1, 0.15) is 11.8 Å². The molecule has 43 heavy (non-hydrogen) atoms. The van der Waals surface area contributed by atoms with E-state index in [0.717, 1.165) is 52.3 Å². The third-order valence-corrected chi connectivity index (χ3v) is 9.27. The van der Waals surface area contributed by atoms with E-state index in [1.165, 1.54) is 12.8 Å². The van der Waals surface area contributed by atoms with Gasteiger partial charge in [-0.2, -0.15) is 5.26 Å². The predicted octanol–water partition coefficient (Wildman–Crippen LogP) is 6.46. The molecule has 6 rings (SSSR count). The van der Waals surface area contributed by atoms with E-state index < -0.39 is 0 Å². The van der Waals surface area contributed by atoms with E-state index in [4.69, 9.17) is 46.9 Å². The lowest BCUT2D eigenvalue weighted by molar-refractivity contribution is -0.139. The third-order valence-electron chi connectivity index (χ3n) is 8.66. The van der Waals surface area contributed by atoms with Gasteiger partial charge in [0.2, 0.25) is 0 Å². The van der Waals surface area contributed by atoms with Gasteiger partial charge in [-0.1, -0.05) is 23.2 Å².